The van der Waals surface area contributed by atoms with Crippen LogP contribution < -0.4 is 0 Å². The van der Waals surface area contributed by atoms with Gasteiger partial charge in [0.2, 0.25) is 0 Å². The third-order valence-electron chi connectivity index (χ3n) is 1.53. The summed E-state index contributed by atoms with van der Waals surface area (Å²) in [5, 5.41) is 7.60. The van der Waals surface area contributed by atoms with Gasteiger partial charge in [0, 0.05) is 18.1 Å². The molecule has 0 fully saturated rings. The van der Waals surface area contributed by atoms with Gasteiger partial charge in [0.25, 0.3) is 0 Å². The molecular weight excluding hydrogens is 136 g/mol. The Morgan fingerprint density at radius 3 is 2.64 bits per heavy atom. The molecule has 2 nitrogen and oxygen atoms in total. The van der Waals surface area contributed by atoms with Gasteiger partial charge in [-0.2, -0.15) is 0 Å². The number of rotatable bonds is 3. The Balaban J connectivity index is 2.69. The van der Waals surface area contributed by atoms with Crippen LogP contribution >= 0.6 is 0 Å². The lowest BCUT2D eigenvalue weighted by Gasteiger charge is -1.99. The molecule has 0 aliphatic rings. The smallest absolute Gasteiger partial charge is 0.0387 e. The Morgan fingerprint density at radius 1 is 1.45 bits per heavy atom. The zero-order valence-corrected chi connectivity index (χ0v) is 6.67. The van der Waals surface area contributed by atoms with E-state index in [4.69, 9.17) is 5.41 Å². The van der Waals surface area contributed by atoms with E-state index in [1.54, 1.807) is 12.4 Å². The molecule has 1 heterocycles. The first kappa shape index (κ1) is 7.92. The minimum Gasteiger partial charge on any atom is -0.305 e. The Morgan fingerprint density at radius 2 is 2.09 bits per heavy atom. The maximum atomic E-state index is 7.60. The highest BCUT2D eigenvalue weighted by molar-refractivity contribution is 5.97. The molecule has 0 amide bonds. The van der Waals surface area contributed by atoms with E-state index in [2.05, 4.69) is 11.9 Å². The van der Waals surface area contributed by atoms with Crippen molar-refractivity contribution in [2.24, 2.45) is 0 Å². The highest BCUT2D eigenvalue weighted by Crippen LogP contribution is 2.02. The van der Waals surface area contributed by atoms with Crippen LogP contribution in [0.1, 0.15) is 25.3 Å². The molecule has 0 radical (unpaired) electrons. The highest BCUT2D eigenvalue weighted by atomic mass is 14.6. The number of nitrogens with one attached hydrogen (secondary N) is 1. The summed E-state index contributed by atoms with van der Waals surface area (Å²) in [5.41, 5.74) is 1.69. The van der Waals surface area contributed by atoms with Crippen LogP contribution in [0.4, 0.5) is 0 Å². The third kappa shape index (κ3) is 2.15. The van der Waals surface area contributed by atoms with Crippen molar-refractivity contribution in [1.82, 2.24) is 4.98 Å². The predicted octanol–water partition coefficient (Wildman–Crippen LogP) is 2.25. The summed E-state index contributed by atoms with van der Waals surface area (Å²) in [7, 11) is 0. The molecule has 0 atom stereocenters. The van der Waals surface area contributed by atoms with Crippen molar-refractivity contribution < 1.29 is 0 Å². The van der Waals surface area contributed by atoms with Gasteiger partial charge in [-0.05, 0) is 24.1 Å². The topological polar surface area (TPSA) is 36.7 Å². The van der Waals surface area contributed by atoms with E-state index in [0.29, 0.717) is 5.71 Å². The lowest BCUT2D eigenvalue weighted by molar-refractivity contribution is 0.986. The van der Waals surface area contributed by atoms with Gasteiger partial charge in [-0.1, -0.05) is 13.3 Å². The first-order valence-corrected chi connectivity index (χ1v) is 3.82. The normalized spacial score (nSPS) is 9.55. The third-order valence-corrected chi connectivity index (χ3v) is 1.53. The molecule has 2 heteroatoms. The Kier molecular flexibility index (Phi) is 2.78. The van der Waals surface area contributed by atoms with Gasteiger partial charge in [0.15, 0.2) is 0 Å². The minimum atomic E-state index is 0.704. The summed E-state index contributed by atoms with van der Waals surface area (Å²) in [5.74, 6) is 0. The van der Waals surface area contributed by atoms with Crippen LogP contribution in [-0.2, 0) is 0 Å². The van der Waals surface area contributed by atoms with Crippen LogP contribution in [-0.4, -0.2) is 10.7 Å². The molecule has 1 rings (SSSR count). The molecule has 0 aliphatic carbocycles. The lowest BCUT2D eigenvalue weighted by atomic mass is 10.1. The monoisotopic (exact) mass is 148 g/mol. The zero-order valence-electron chi connectivity index (χ0n) is 6.67. The highest BCUT2D eigenvalue weighted by Gasteiger charge is 1.96. The molecule has 11 heavy (non-hydrogen) atoms. The number of aromatic nitrogens is 1. The predicted molar refractivity (Wildman–Crippen MR) is 46.0 cm³/mol. The van der Waals surface area contributed by atoms with E-state index < -0.39 is 0 Å². The molecule has 0 unspecified atom stereocenters. The number of pyridine rings is 1. The van der Waals surface area contributed by atoms with Gasteiger partial charge in [-0.15, -0.1) is 0 Å². The van der Waals surface area contributed by atoms with Gasteiger partial charge >= 0.3 is 0 Å². The molecule has 0 aromatic carbocycles. The molecule has 0 saturated heterocycles. The standard InChI is InChI=1S/C9H12N2/c1-2-3-9(10)8-4-6-11-7-5-8/h4-7,10H,2-3H2,1H3. The minimum absolute atomic E-state index is 0.704. The largest absolute Gasteiger partial charge is 0.305 e. The second-order valence-corrected chi connectivity index (χ2v) is 2.46. The quantitative estimate of drug-likeness (QED) is 0.656. The SMILES string of the molecule is CCCC(=N)c1ccncc1. The van der Waals surface area contributed by atoms with E-state index in [-0.39, 0.29) is 0 Å². The molecule has 0 spiro atoms. The van der Waals surface area contributed by atoms with Crippen LogP contribution in [0.2, 0.25) is 0 Å². The van der Waals surface area contributed by atoms with Crippen LogP contribution in [0.3, 0.4) is 0 Å². The van der Waals surface area contributed by atoms with Crippen molar-refractivity contribution in [3.8, 4) is 0 Å². The molecule has 0 saturated carbocycles. The van der Waals surface area contributed by atoms with Gasteiger partial charge in [0.05, 0.1) is 0 Å². The average Bonchev–Trinajstić information content (AvgIpc) is 2.07. The molecule has 1 aromatic heterocycles. The van der Waals surface area contributed by atoms with Gasteiger partial charge in [-0.3, -0.25) is 4.98 Å². The maximum absolute atomic E-state index is 7.60. The summed E-state index contributed by atoms with van der Waals surface area (Å²) in [6.45, 7) is 2.08. The lowest BCUT2D eigenvalue weighted by Crippen LogP contribution is -1.97. The Labute approximate surface area is 66.8 Å². The van der Waals surface area contributed by atoms with Crippen molar-refractivity contribution in [3.05, 3.63) is 30.1 Å². The summed E-state index contributed by atoms with van der Waals surface area (Å²) >= 11 is 0. The molecular formula is C9H12N2. The van der Waals surface area contributed by atoms with Gasteiger partial charge < -0.3 is 5.41 Å². The molecule has 0 aliphatic heterocycles. The van der Waals surface area contributed by atoms with Crippen LogP contribution in [0, 0.1) is 5.41 Å². The fourth-order valence-electron chi connectivity index (χ4n) is 0.947. The van der Waals surface area contributed by atoms with E-state index in [0.717, 1.165) is 18.4 Å². The van der Waals surface area contributed by atoms with E-state index in [1.807, 2.05) is 12.1 Å². The van der Waals surface area contributed by atoms with E-state index in [9.17, 15) is 0 Å². The van der Waals surface area contributed by atoms with Gasteiger partial charge in [0.1, 0.15) is 0 Å². The number of hydrogen-bond donors (Lipinski definition) is 1. The summed E-state index contributed by atoms with van der Waals surface area (Å²) < 4.78 is 0. The van der Waals surface area contributed by atoms with Crippen molar-refractivity contribution >= 4 is 5.71 Å². The Hall–Kier alpha value is -1.18. The number of hydrogen-bond acceptors (Lipinski definition) is 2. The first-order valence-electron chi connectivity index (χ1n) is 3.82. The second-order valence-electron chi connectivity index (χ2n) is 2.46. The second kappa shape index (κ2) is 3.86. The average molecular weight is 148 g/mol. The maximum Gasteiger partial charge on any atom is 0.0387 e. The summed E-state index contributed by atoms with van der Waals surface area (Å²) in [4.78, 5) is 3.89. The summed E-state index contributed by atoms with van der Waals surface area (Å²) in [6, 6.07) is 3.75. The fourth-order valence-corrected chi connectivity index (χ4v) is 0.947. The van der Waals surface area contributed by atoms with Crippen molar-refractivity contribution in [3.63, 3.8) is 0 Å². The van der Waals surface area contributed by atoms with Gasteiger partial charge in [-0.25, -0.2) is 0 Å². The van der Waals surface area contributed by atoms with Crippen LogP contribution in [0.5, 0.6) is 0 Å². The van der Waals surface area contributed by atoms with Crippen LogP contribution in [0.25, 0.3) is 0 Å². The number of nitrogens with zero attached hydrogens (tertiary/aromatic N) is 1. The zero-order chi connectivity index (χ0) is 8.10. The van der Waals surface area contributed by atoms with Crippen molar-refractivity contribution in [2.75, 3.05) is 0 Å². The van der Waals surface area contributed by atoms with Crippen molar-refractivity contribution in [2.45, 2.75) is 19.8 Å². The molecule has 0 bridgehead atoms. The van der Waals surface area contributed by atoms with E-state index in [1.165, 1.54) is 0 Å². The molecule has 1 aromatic rings. The summed E-state index contributed by atoms with van der Waals surface area (Å²) in [6.07, 6.45) is 5.32. The Bertz CT molecular complexity index is 229. The van der Waals surface area contributed by atoms with Crippen LogP contribution in [0.15, 0.2) is 24.5 Å². The van der Waals surface area contributed by atoms with E-state index >= 15 is 0 Å². The van der Waals surface area contributed by atoms with Crippen molar-refractivity contribution in [1.29, 1.82) is 5.41 Å². The first-order chi connectivity index (χ1) is 5.34. The fraction of sp³-hybridized carbons (Fsp3) is 0.333. The molecule has 58 valence electrons. The molecule has 1 N–H and O–H groups in total.